The standard InChI is InChI=1S/C10H20N2OS/c1-2-3-6-10(7-4-5-8-10)14-12-9(11)13/h2-8H2,1H3,(H3,11,12,13). The van der Waals surface area contributed by atoms with Crippen molar-refractivity contribution in [1.29, 1.82) is 0 Å². The van der Waals surface area contributed by atoms with E-state index >= 15 is 0 Å². The van der Waals surface area contributed by atoms with Crippen molar-refractivity contribution in [2.45, 2.75) is 56.6 Å². The van der Waals surface area contributed by atoms with E-state index in [1.165, 1.54) is 44.9 Å². The van der Waals surface area contributed by atoms with E-state index in [1.54, 1.807) is 11.9 Å². The van der Waals surface area contributed by atoms with E-state index < -0.39 is 6.03 Å². The molecule has 1 aliphatic carbocycles. The number of hydrogen-bond acceptors (Lipinski definition) is 2. The molecule has 2 amide bonds. The highest BCUT2D eigenvalue weighted by Crippen LogP contribution is 2.43. The summed E-state index contributed by atoms with van der Waals surface area (Å²) >= 11 is 1.55. The predicted molar refractivity (Wildman–Crippen MR) is 61.0 cm³/mol. The molecule has 3 N–H and O–H groups in total. The van der Waals surface area contributed by atoms with Crippen LogP contribution < -0.4 is 10.5 Å². The Morgan fingerprint density at radius 1 is 1.50 bits per heavy atom. The van der Waals surface area contributed by atoms with Gasteiger partial charge in [-0.2, -0.15) is 0 Å². The van der Waals surface area contributed by atoms with E-state index in [0.29, 0.717) is 0 Å². The molecule has 0 aromatic rings. The largest absolute Gasteiger partial charge is 0.351 e. The summed E-state index contributed by atoms with van der Waals surface area (Å²) in [5, 5.41) is 0. The molecule has 1 rings (SSSR count). The van der Waals surface area contributed by atoms with E-state index in [9.17, 15) is 4.79 Å². The maximum absolute atomic E-state index is 10.7. The Bertz CT molecular complexity index is 191. The number of urea groups is 1. The molecule has 0 saturated heterocycles. The van der Waals surface area contributed by atoms with Crippen molar-refractivity contribution in [3.8, 4) is 0 Å². The summed E-state index contributed by atoms with van der Waals surface area (Å²) in [5.41, 5.74) is 5.09. The predicted octanol–water partition coefficient (Wildman–Crippen LogP) is 2.81. The molecule has 0 unspecified atom stereocenters. The van der Waals surface area contributed by atoms with Crippen molar-refractivity contribution < 1.29 is 4.79 Å². The van der Waals surface area contributed by atoms with E-state index in [0.717, 1.165) is 0 Å². The molecule has 0 aliphatic heterocycles. The number of rotatable bonds is 5. The summed E-state index contributed by atoms with van der Waals surface area (Å²) in [6, 6.07) is -0.419. The number of hydrogen-bond donors (Lipinski definition) is 2. The zero-order valence-corrected chi connectivity index (χ0v) is 9.66. The van der Waals surface area contributed by atoms with Crippen LogP contribution in [0.3, 0.4) is 0 Å². The van der Waals surface area contributed by atoms with Crippen LogP contribution in [-0.4, -0.2) is 10.8 Å². The SMILES string of the molecule is CCCCC1(SNC(N)=O)CCCC1. The van der Waals surface area contributed by atoms with Gasteiger partial charge in [0.2, 0.25) is 0 Å². The number of primary amides is 1. The van der Waals surface area contributed by atoms with Gasteiger partial charge in [-0.15, -0.1) is 0 Å². The minimum Gasteiger partial charge on any atom is -0.351 e. The highest BCUT2D eigenvalue weighted by Gasteiger charge is 2.34. The van der Waals surface area contributed by atoms with Gasteiger partial charge in [0.25, 0.3) is 0 Å². The van der Waals surface area contributed by atoms with Crippen LogP contribution in [0.15, 0.2) is 0 Å². The maximum atomic E-state index is 10.7. The Balaban J connectivity index is 2.40. The Labute approximate surface area is 90.3 Å². The quantitative estimate of drug-likeness (QED) is 0.694. The second-order valence-electron chi connectivity index (χ2n) is 4.06. The van der Waals surface area contributed by atoms with Crippen molar-refractivity contribution in [1.82, 2.24) is 4.72 Å². The van der Waals surface area contributed by atoms with E-state index in [4.69, 9.17) is 5.73 Å². The van der Waals surface area contributed by atoms with Crippen molar-refractivity contribution in [2.24, 2.45) is 5.73 Å². The summed E-state index contributed by atoms with van der Waals surface area (Å²) in [6.07, 6.45) is 8.69. The van der Waals surface area contributed by atoms with Gasteiger partial charge < -0.3 is 5.73 Å². The average molecular weight is 216 g/mol. The Kier molecular flexibility index (Phi) is 4.58. The van der Waals surface area contributed by atoms with Crippen LogP contribution in [0.5, 0.6) is 0 Å². The van der Waals surface area contributed by atoms with Crippen LogP contribution in [0.4, 0.5) is 4.79 Å². The van der Waals surface area contributed by atoms with Crippen molar-refractivity contribution in [2.75, 3.05) is 0 Å². The third kappa shape index (κ3) is 3.40. The van der Waals surface area contributed by atoms with E-state index in [1.807, 2.05) is 0 Å². The van der Waals surface area contributed by atoms with Gasteiger partial charge in [0, 0.05) is 4.75 Å². The van der Waals surface area contributed by atoms with E-state index in [2.05, 4.69) is 11.6 Å². The van der Waals surface area contributed by atoms with Crippen LogP contribution in [0.1, 0.15) is 51.9 Å². The molecule has 1 fully saturated rings. The van der Waals surface area contributed by atoms with Crippen LogP contribution >= 0.6 is 11.9 Å². The van der Waals surface area contributed by atoms with Gasteiger partial charge >= 0.3 is 6.03 Å². The molecule has 14 heavy (non-hydrogen) atoms. The van der Waals surface area contributed by atoms with Crippen LogP contribution in [0.2, 0.25) is 0 Å². The Morgan fingerprint density at radius 2 is 2.14 bits per heavy atom. The smallest absolute Gasteiger partial charge is 0.322 e. The fraction of sp³-hybridized carbons (Fsp3) is 0.900. The summed E-state index contributed by atoms with van der Waals surface area (Å²) in [4.78, 5) is 10.7. The van der Waals surface area contributed by atoms with Gasteiger partial charge in [-0.05, 0) is 31.2 Å². The summed E-state index contributed by atoms with van der Waals surface area (Å²) < 4.78 is 2.98. The lowest BCUT2D eigenvalue weighted by molar-refractivity contribution is 0.254. The minimum atomic E-state index is -0.419. The van der Waals surface area contributed by atoms with Crippen LogP contribution in [0, 0.1) is 0 Å². The van der Waals surface area contributed by atoms with Crippen molar-refractivity contribution in [3.63, 3.8) is 0 Å². The first-order valence-corrected chi connectivity index (χ1v) is 6.24. The highest BCUT2D eigenvalue weighted by molar-refractivity contribution is 7.99. The van der Waals surface area contributed by atoms with Gasteiger partial charge in [-0.3, -0.25) is 4.72 Å². The third-order valence-electron chi connectivity index (χ3n) is 2.87. The second-order valence-corrected chi connectivity index (χ2v) is 5.34. The van der Waals surface area contributed by atoms with Gasteiger partial charge in [-0.25, -0.2) is 4.79 Å². The molecular weight excluding hydrogens is 196 g/mol. The molecule has 0 bridgehead atoms. The number of amides is 2. The topological polar surface area (TPSA) is 55.1 Å². The number of carbonyl (C=O) groups is 1. The lowest BCUT2D eigenvalue weighted by Gasteiger charge is -2.27. The normalized spacial score (nSPS) is 19.5. The number of nitrogens with one attached hydrogen (secondary N) is 1. The first kappa shape index (κ1) is 11.7. The molecule has 3 nitrogen and oxygen atoms in total. The van der Waals surface area contributed by atoms with E-state index in [-0.39, 0.29) is 4.75 Å². The maximum Gasteiger partial charge on any atom is 0.322 e. The number of unbranched alkanes of at least 4 members (excludes halogenated alkanes) is 1. The van der Waals surface area contributed by atoms with Gasteiger partial charge in [0.1, 0.15) is 0 Å². The first-order valence-electron chi connectivity index (χ1n) is 5.42. The molecule has 1 saturated carbocycles. The zero-order chi connectivity index (χ0) is 10.4. The Hall–Kier alpha value is -0.380. The monoisotopic (exact) mass is 216 g/mol. The second kappa shape index (κ2) is 5.49. The molecule has 0 aromatic carbocycles. The van der Waals surface area contributed by atoms with Crippen molar-refractivity contribution in [3.05, 3.63) is 0 Å². The highest BCUT2D eigenvalue weighted by atomic mass is 32.2. The third-order valence-corrected chi connectivity index (χ3v) is 4.22. The summed E-state index contributed by atoms with van der Waals surface area (Å²) in [7, 11) is 0. The van der Waals surface area contributed by atoms with Crippen molar-refractivity contribution >= 4 is 18.0 Å². The van der Waals surface area contributed by atoms with Gasteiger partial charge in [0.15, 0.2) is 0 Å². The number of carbonyl (C=O) groups excluding carboxylic acids is 1. The zero-order valence-electron chi connectivity index (χ0n) is 8.84. The summed E-state index contributed by atoms with van der Waals surface area (Å²) in [6.45, 7) is 2.20. The average Bonchev–Trinajstić information content (AvgIpc) is 2.61. The molecule has 4 heteroatoms. The minimum absolute atomic E-state index is 0.283. The molecule has 1 aliphatic rings. The van der Waals surface area contributed by atoms with Crippen LogP contribution in [0.25, 0.3) is 0 Å². The molecule has 0 aromatic heterocycles. The lowest BCUT2D eigenvalue weighted by Crippen LogP contribution is -2.31. The molecule has 0 radical (unpaired) electrons. The van der Waals surface area contributed by atoms with Gasteiger partial charge in [-0.1, -0.05) is 32.6 Å². The fourth-order valence-electron chi connectivity index (χ4n) is 2.08. The summed E-state index contributed by atoms with van der Waals surface area (Å²) in [5.74, 6) is 0. The molecule has 82 valence electrons. The molecule has 0 heterocycles. The molecule has 0 atom stereocenters. The van der Waals surface area contributed by atoms with Gasteiger partial charge in [0.05, 0.1) is 0 Å². The first-order chi connectivity index (χ1) is 6.68. The fourth-order valence-corrected chi connectivity index (χ4v) is 3.14. The Morgan fingerprint density at radius 3 is 2.64 bits per heavy atom. The molecule has 0 spiro atoms. The molecular formula is C10H20N2OS. The van der Waals surface area contributed by atoms with Crippen LogP contribution in [-0.2, 0) is 0 Å². The lowest BCUT2D eigenvalue weighted by atomic mass is 10.00. The number of nitrogens with two attached hydrogens (primary N) is 1.